The topological polar surface area (TPSA) is 66.6 Å². The van der Waals surface area contributed by atoms with Crippen molar-refractivity contribution in [2.45, 2.75) is 17.6 Å². The molecule has 1 aromatic heterocycles. The van der Waals surface area contributed by atoms with Gasteiger partial charge in [-0.05, 0) is 52.3 Å². The highest BCUT2D eigenvalue weighted by atomic mass is 79.9. The number of hydrogen-bond donors (Lipinski definition) is 0. The quantitative estimate of drug-likeness (QED) is 0.409. The lowest BCUT2D eigenvalue weighted by molar-refractivity contribution is 0.252. The summed E-state index contributed by atoms with van der Waals surface area (Å²) in [6.07, 6.45) is 0. The highest BCUT2D eigenvalue weighted by Crippen LogP contribution is 2.35. The summed E-state index contributed by atoms with van der Waals surface area (Å²) >= 11 is 10.7. The molecule has 3 rings (SSSR count). The lowest BCUT2D eigenvalue weighted by Crippen LogP contribution is -1.95. The Balaban J connectivity index is 1.60. The number of aromatic nitrogens is 2. The molecule has 0 fully saturated rings. The van der Waals surface area contributed by atoms with Crippen LogP contribution in [-0.4, -0.2) is 24.4 Å². The van der Waals surface area contributed by atoms with Crippen LogP contribution in [0.25, 0.3) is 0 Å². The van der Waals surface area contributed by atoms with Gasteiger partial charge in [0.15, 0.2) is 6.61 Å². The molecule has 0 atom stereocenters. The smallest absolute Gasteiger partial charge is 0.277 e. The zero-order chi connectivity index (χ0) is 19.2. The minimum Gasteiger partial charge on any atom is -0.496 e. The van der Waals surface area contributed by atoms with Gasteiger partial charge in [0.2, 0.25) is 0 Å². The second kappa shape index (κ2) is 9.34. The van der Waals surface area contributed by atoms with Crippen LogP contribution in [0.15, 0.2) is 50.5 Å². The van der Waals surface area contributed by atoms with Crippen LogP contribution in [0.3, 0.4) is 0 Å². The first-order valence-electron chi connectivity index (χ1n) is 7.83. The highest BCUT2D eigenvalue weighted by molar-refractivity contribution is 9.10. The van der Waals surface area contributed by atoms with Gasteiger partial charge in [0.25, 0.3) is 11.1 Å². The van der Waals surface area contributed by atoms with Crippen LogP contribution in [0.2, 0.25) is 5.02 Å². The number of hydrogen-bond acceptors (Lipinski definition) is 7. The Hall–Kier alpha value is -1.90. The maximum Gasteiger partial charge on any atom is 0.277 e. The Labute approximate surface area is 174 Å². The van der Waals surface area contributed by atoms with Crippen LogP contribution in [0, 0.1) is 0 Å². The molecule has 2 aromatic carbocycles. The molecule has 0 aliphatic rings. The molecule has 0 amide bonds. The Kier molecular flexibility index (Phi) is 6.87. The fourth-order valence-electron chi connectivity index (χ4n) is 2.21. The van der Waals surface area contributed by atoms with E-state index < -0.39 is 0 Å². The summed E-state index contributed by atoms with van der Waals surface area (Å²) < 4.78 is 22.8. The monoisotopic (exact) mass is 470 g/mol. The summed E-state index contributed by atoms with van der Waals surface area (Å²) in [4.78, 5) is 0. The Morgan fingerprint density at radius 2 is 1.81 bits per heavy atom. The highest BCUT2D eigenvalue weighted by Gasteiger charge is 2.13. The van der Waals surface area contributed by atoms with Crippen LogP contribution in [0.4, 0.5) is 0 Å². The predicted molar refractivity (Wildman–Crippen MR) is 107 cm³/mol. The fraction of sp³-hybridized carbons (Fsp3) is 0.222. The molecular formula is C18H16BrClN2O4S. The molecule has 9 heteroatoms. The van der Waals surface area contributed by atoms with Crippen molar-refractivity contribution in [1.82, 2.24) is 10.2 Å². The van der Waals surface area contributed by atoms with Gasteiger partial charge in [-0.25, -0.2) is 0 Å². The predicted octanol–water partition coefficient (Wildman–Crippen LogP) is 5.37. The third-order valence-electron chi connectivity index (χ3n) is 3.53. The van der Waals surface area contributed by atoms with E-state index in [1.54, 1.807) is 38.5 Å². The van der Waals surface area contributed by atoms with E-state index in [1.165, 1.54) is 11.8 Å². The van der Waals surface area contributed by atoms with Crippen LogP contribution in [0.5, 0.6) is 17.2 Å². The second-order valence-corrected chi connectivity index (χ2v) is 7.51. The molecule has 6 nitrogen and oxygen atoms in total. The number of rotatable bonds is 8. The molecule has 142 valence electrons. The second-order valence-electron chi connectivity index (χ2n) is 5.29. The molecule has 0 spiro atoms. The third-order valence-corrected chi connectivity index (χ3v) is 5.27. The van der Waals surface area contributed by atoms with E-state index in [4.69, 9.17) is 30.2 Å². The number of halogens is 2. The van der Waals surface area contributed by atoms with Crippen molar-refractivity contribution in [3.63, 3.8) is 0 Å². The molecule has 0 saturated heterocycles. The first-order valence-corrected chi connectivity index (χ1v) is 9.98. The van der Waals surface area contributed by atoms with Gasteiger partial charge in [-0.15, -0.1) is 10.2 Å². The molecule has 0 N–H and O–H groups in total. The lowest BCUT2D eigenvalue weighted by atomic mass is 10.2. The minimum atomic E-state index is 0.185. The van der Waals surface area contributed by atoms with E-state index >= 15 is 0 Å². The van der Waals surface area contributed by atoms with Gasteiger partial charge in [-0.3, -0.25) is 0 Å². The Bertz CT molecular complexity index is 905. The number of methoxy groups -OCH3 is 2. The summed E-state index contributed by atoms with van der Waals surface area (Å²) in [6.45, 7) is 0.185. The van der Waals surface area contributed by atoms with E-state index in [9.17, 15) is 0 Å². The molecule has 0 saturated carbocycles. The van der Waals surface area contributed by atoms with Crippen LogP contribution < -0.4 is 14.2 Å². The zero-order valence-corrected chi connectivity index (χ0v) is 17.7. The van der Waals surface area contributed by atoms with Gasteiger partial charge in [0, 0.05) is 16.3 Å². The largest absolute Gasteiger partial charge is 0.496 e. The van der Waals surface area contributed by atoms with Crippen LogP contribution in [-0.2, 0) is 12.4 Å². The van der Waals surface area contributed by atoms with Crippen molar-refractivity contribution in [3.8, 4) is 17.2 Å². The number of benzene rings is 2. The zero-order valence-electron chi connectivity index (χ0n) is 14.6. The molecule has 0 aliphatic carbocycles. The summed E-state index contributed by atoms with van der Waals surface area (Å²) in [6, 6.07) is 10.9. The SMILES string of the molecule is COc1cc(CSc2nnc(COc3ccc(Cl)cc3)o2)c(OC)cc1Br. The first-order chi connectivity index (χ1) is 13.1. The van der Waals surface area contributed by atoms with Gasteiger partial charge in [0.1, 0.15) is 17.2 Å². The standard InChI is InChI=1S/C18H16BrClN2O4S/c1-23-15-8-14(19)16(24-2)7-11(15)10-27-18-22-21-17(26-18)9-25-13-5-3-12(20)4-6-13/h3-8H,9-10H2,1-2H3. The average Bonchev–Trinajstić information content (AvgIpc) is 3.14. The molecular weight excluding hydrogens is 456 g/mol. The Morgan fingerprint density at radius 3 is 2.52 bits per heavy atom. The van der Waals surface area contributed by atoms with Crippen molar-refractivity contribution in [1.29, 1.82) is 0 Å². The van der Waals surface area contributed by atoms with Crippen LogP contribution in [0.1, 0.15) is 11.5 Å². The third kappa shape index (κ3) is 5.31. The number of ether oxygens (including phenoxy) is 3. The molecule has 1 heterocycles. The van der Waals surface area contributed by atoms with E-state index in [0.29, 0.717) is 27.6 Å². The summed E-state index contributed by atoms with van der Waals surface area (Å²) in [5.41, 5.74) is 0.958. The van der Waals surface area contributed by atoms with E-state index in [1.807, 2.05) is 12.1 Å². The van der Waals surface area contributed by atoms with E-state index in [-0.39, 0.29) is 6.61 Å². The van der Waals surface area contributed by atoms with Gasteiger partial charge in [0.05, 0.1) is 18.7 Å². The molecule has 3 aromatic rings. The maximum atomic E-state index is 5.85. The first kappa shape index (κ1) is 19.9. The van der Waals surface area contributed by atoms with Crippen molar-refractivity contribution < 1.29 is 18.6 Å². The molecule has 0 unspecified atom stereocenters. The van der Waals surface area contributed by atoms with Crippen molar-refractivity contribution in [2.24, 2.45) is 0 Å². The molecule has 0 bridgehead atoms. The van der Waals surface area contributed by atoms with Crippen LogP contribution >= 0.6 is 39.3 Å². The van der Waals surface area contributed by atoms with Gasteiger partial charge < -0.3 is 18.6 Å². The van der Waals surface area contributed by atoms with Gasteiger partial charge in [-0.2, -0.15) is 0 Å². The normalized spacial score (nSPS) is 10.7. The number of nitrogens with zero attached hydrogens (tertiary/aromatic N) is 2. The molecule has 27 heavy (non-hydrogen) atoms. The molecule has 0 radical (unpaired) electrons. The van der Waals surface area contributed by atoms with E-state index in [2.05, 4.69) is 26.1 Å². The van der Waals surface area contributed by atoms with Gasteiger partial charge in [-0.1, -0.05) is 23.4 Å². The fourth-order valence-corrected chi connectivity index (χ4v) is 3.58. The van der Waals surface area contributed by atoms with E-state index in [0.717, 1.165) is 21.5 Å². The maximum absolute atomic E-state index is 5.85. The minimum absolute atomic E-state index is 0.185. The summed E-state index contributed by atoms with van der Waals surface area (Å²) in [7, 11) is 3.25. The van der Waals surface area contributed by atoms with Crippen molar-refractivity contribution >= 4 is 39.3 Å². The summed E-state index contributed by atoms with van der Waals surface area (Å²) in [5.74, 6) is 3.15. The lowest BCUT2D eigenvalue weighted by Gasteiger charge is -2.11. The van der Waals surface area contributed by atoms with Gasteiger partial charge >= 0.3 is 0 Å². The Morgan fingerprint density at radius 1 is 1.07 bits per heavy atom. The van der Waals surface area contributed by atoms with Crippen molar-refractivity contribution in [2.75, 3.05) is 14.2 Å². The number of thioether (sulfide) groups is 1. The summed E-state index contributed by atoms with van der Waals surface area (Å²) in [5, 5.41) is 9.14. The van der Waals surface area contributed by atoms with Crippen molar-refractivity contribution in [3.05, 3.63) is 57.3 Å². The average molecular weight is 472 g/mol. The molecule has 0 aliphatic heterocycles.